The van der Waals surface area contributed by atoms with Crippen molar-refractivity contribution in [2.75, 3.05) is 40.9 Å². The molecule has 0 aromatic rings. The number of likely N-dealkylation sites (N-methyl/N-ethyl adjacent to an activating group) is 1. The van der Waals surface area contributed by atoms with Crippen LogP contribution in [0.1, 0.15) is 342 Å². The molecule has 75 heavy (non-hydrogen) atoms. The van der Waals surface area contributed by atoms with Crippen molar-refractivity contribution in [1.29, 1.82) is 0 Å². The van der Waals surface area contributed by atoms with Gasteiger partial charge in [0.15, 0.2) is 0 Å². The third-order valence-corrected chi connectivity index (χ3v) is 16.2. The molecule has 0 bridgehead atoms. The van der Waals surface area contributed by atoms with Crippen LogP contribution in [0.4, 0.5) is 0 Å². The first kappa shape index (κ1) is 73.8. The molecule has 2 N–H and O–H groups in total. The molecule has 446 valence electrons. The van der Waals surface area contributed by atoms with Crippen LogP contribution in [-0.4, -0.2) is 74.3 Å². The van der Waals surface area contributed by atoms with Gasteiger partial charge in [-0.25, -0.2) is 4.57 Å². The van der Waals surface area contributed by atoms with Crippen LogP contribution in [0.3, 0.4) is 0 Å². The number of nitrogens with zero attached hydrogens (tertiary/aromatic N) is 1. The maximum Gasteiger partial charge on any atom is 0.472 e. The van der Waals surface area contributed by atoms with Crippen LogP contribution in [0, 0.1) is 0 Å². The average Bonchev–Trinajstić information content (AvgIpc) is 3.37. The molecule has 0 heterocycles. The van der Waals surface area contributed by atoms with Crippen LogP contribution in [0.15, 0.2) is 12.2 Å². The minimum atomic E-state index is -4.44. The lowest BCUT2D eigenvalue weighted by Gasteiger charge is -2.27. The summed E-state index contributed by atoms with van der Waals surface area (Å²) < 4.78 is 30.8. The Morgan fingerprint density at radius 1 is 0.453 bits per heavy atom. The zero-order valence-corrected chi connectivity index (χ0v) is 52.0. The first-order valence-corrected chi connectivity index (χ1v) is 34.5. The first-order chi connectivity index (χ1) is 36.4. The Balaban J connectivity index is 5.15. The highest BCUT2D eigenvalue weighted by Gasteiger charge is 2.30. The summed E-state index contributed by atoms with van der Waals surface area (Å²) >= 11 is 0. The molecule has 3 unspecified atom stereocenters. The summed E-state index contributed by atoms with van der Waals surface area (Å²) in [6.45, 7) is 7.08. The summed E-state index contributed by atoms with van der Waals surface area (Å²) in [5, 5.41) is 3.07. The highest BCUT2D eigenvalue weighted by molar-refractivity contribution is 7.47. The van der Waals surface area contributed by atoms with E-state index in [4.69, 9.17) is 13.8 Å². The molecule has 0 aliphatic rings. The second kappa shape index (κ2) is 56.0. The van der Waals surface area contributed by atoms with Crippen molar-refractivity contribution in [2.24, 2.45) is 0 Å². The van der Waals surface area contributed by atoms with Crippen LogP contribution in [0.25, 0.3) is 0 Å². The number of hydrogen-bond acceptors (Lipinski definition) is 6. The second-order valence-corrected chi connectivity index (χ2v) is 25.5. The van der Waals surface area contributed by atoms with E-state index >= 15 is 0 Å². The largest absolute Gasteiger partial charge is 0.472 e. The fraction of sp³-hybridized carbons (Fsp3) is 0.938. The fourth-order valence-corrected chi connectivity index (χ4v) is 10.9. The van der Waals surface area contributed by atoms with E-state index in [0.29, 0.717) is 23.9 Å². The number of carbonyl (C=O) groups excluding carboxylic acids is 2. The van der Waals surface area contributed by atoms with Crippen molar-refractivity contribution in [3.05, 3.63) is 12.2 Å². The molecule has 0 spiro atoms. The van der Waals surface area contributed by atoms with E-state index in [-0.39, 0.29) is 25.1 Å². The lowest BCUT2D eigenvalue weighted by Crippen LogP contribution is -2.47. The molecule has 0 rings (SSSR count). The van der Waals surface area contributed by atoms with Crippen molar-refractivity contribution in [2.45, 2.75) is 354 Å². The van der Waals surface area contributed by atoms with Gasteiger partial charge < -0.3 is 19.4 Å². The number of nitrogens with one attached hydrogen (secondary N) is 1. The summed E-state index contributed by atoms with van der Waals surface area (Å²) in [4.78, 5) is 37.8. The predicted molar refractivity (Wildman–Crippen MR) is 323 cm³/mol. The van der Waals surface area contributed by atoms with Crippen molar-refractivity contribution in [3.63, 3.8) is 0 Å². The van der Waals surface area contributed by atoms with E-state index in [1.54, 1.807) is 0 Å². The summed E-state index contributed by atoms with van der Waals surface area (Å²) in [5.74, 6) is -0.480. The van der Waals surface area contributed by atoms with E-state index in [1.807, 2.05) is 27.2 Å². The third kappa shape index (κ3) is 57.3. The Hall–Kier alpha value is -1.25. The predicted octanol–water partition coefficient (Wildman–Crippen LogP) is 20.3. The van der Waals surface area contributed by atoms with E-state index < -0.39 is 20.0 Å². The Labute approximate surface area is 467 Å². The van der Waals surface area contributed by atoms with Crippen LogP contribution in [0.5, 0.6) is 0 Å². The minimum Gasteiger partial charge on any atom is -0.456 e. The minimum absolute atomic E-state index is 0.0459. The van der Waals surface area contributed by atoms with Crippen LogP contribution >= 0.6 is 7.82 Å². The number of hydrogen-bond donors (Lipinski definition) is 2. The van der Waals surface area contributed by atoms with Gasteiger partial charge >= 0.3 is 13.8 Å². The van der Waals surface area contributed by atoms with E-state index in [1.165, 1.54) is 250 Å². The van der Waals surface area contributed by atoms with Gasteiger partial charge in [-0.3, -0.25) is 18.6 Å². The maximum absolute atomic E-state index is 13.6. The molecule has 0 aromatic carbocycles. The van der Waals surface area contributed by atoms with Gasteiger partial charge in [0.05, 0.1) is 33.8 Å². The van der Waals surface area contributed by atoms with Gasteiger partial charge in [0.2, 0.25) is 5.91 Å². The van der Waals surface area contributed by atoms with E-state index in [2.05, 4.69) is 32.2 Å². The number of esters is 1. The number of phosphoric ester groups is 1. The third-order valence-electron chi connectivity index (χ3n) is 15.2. The molecule has 0 radical (unpaired) electrons. The Bertz CT molecular complexity index is 1290. The van der Waals surface area contributed by atoms with Crippen LogP contribution < -0.4 is 5.32 Å². The molecule has 0 saturated heterocycles. The number of allylic oxidation sites excluding steroid dienone is 1. The normalized spacial score (nSPS) is 13.6. The molecule has 0 aromatic heterocycles. The van der Waals surface area contributed by atoms with E-state index in [9.17, 15) is 19.0 Å². The Morgan fingerprint density at radius 3 is 1.09 bits per heavy atom. The monoisotopic (exact) mass is 1080 g/mol. The smallest absolute Gasteiger partial charge is 0.456 e. The lowest BCUT2D eigenvalue weighted by atomic mass is 10.0. The highest BCUT2D eigenvalue weighted by Crippen LogP contribution is 2.43. The van der Waals surface area contributed by atoms with Gasteiger partial charge in [-0.2, -0.15) is 0 Å². The Kier molecular flexibility index (Phi) is 55.1. The molecule has 0 aliphatic heterocycles. The molecule has 3 atom stereocenters. The average molecular weight is 1080 g/mol. The molecule has 0 fully saturated rings. The standard InChI is InChI=1S/C65H129N2O7P/c1-7-10-13-16-19-22-25-28-30-31-32-33-34-35-37-40-43-46-49-52-55-58-65(69)74-63(56-53-50-47-44-41-38-27-24-21-18-15-12-9-3)62(61-73-75(70,71)72-60-59-67(4,5)6)66-64(68)57-54-51-48-45-42-39-36-29-26-23-20-17-14-11-8-2/h53,56,62-63H,7-52,54-55,57-61H2,1-6H3,(H-,66,68,70,71)/p+1/b56-53-. The number of quaternary nitrogens is 1. The van der Waals surface area contributed by atoms with Gasteiger partial charge in [0.1, 0.15) is 19.3 Å². The van der Waals surface area contributed by atoms with Crippen LogP contribution in [-0.2, 0) is 27.9 Å². The van der Waals surface area contributed by atoms with E-state index in [0.717, 1.165) is 57.8 Å². The van der Waals surface area contributed by atoms with Gasteiger partial charge in [-0.05, 0) is 31.8 Å². The van der Waals surface area contributed by atoms with Gasteiger partial charge in [-0.15, -0.1) is 0 Å². The summed E-state index contributed by atoms with van der Waals surface area (Å²) in [5.41, 5.74) is 0. The van der Waals surface area contributed by atoms with Crippen LogP contribution in [0.2, 0.25) is 0 Å². The van der Waals surface area contributed by atoms with Gasteiger partial charge in [0, 0.05) is 12.8 Å². The summed E-state index contributed by atoms with van der Waals surface area (Å²) in [6.07, 6.45) is 64.9. The first-order valence-electron chi connectivity index (χ1n) is 33.0. The molecule has 1 amide bonds. The Morgan fingerprint density at radius 2 is 0.760 bits per heavy atom. The zero-order chi connectivity index (χ0) is 55.0. The molecule has 9 nitrogen and oxygen atoms in total. The summed E-state index contributed by atoms with van der Waals surface area (Å²) in [7, 11) is 1.52. The number of amides is 1. The van der Waals surface area contributed by atoms with Crippen molar-refractivity contribution < 1.29 is 37.3 Å². The van der Waals surface area contributed by atoms with Crippen molar-refractivity contribution >= 4 is 19.7 Å². The van der Waals surface area contributed by atoms with Crippen molar-refractivity contribution in [1.82, 2.24) is 5.32 Å². The molecule has 0 aliphatic carbocycles. The maximum atomic E-state index is 13.6. The lowest BCUT2D eigenvalue weighted by molar-refractivity contribution is -0.870. The topological polar surface area (TPSA) is 111 Å². The molecule has 0 saturated carbocycles. The van der Waals surface area contributed by atoms with Gasteiger partial charge in [0.25, 0.3) is 0 Å². The summed E-state index contributed by atoms with van der Waals surface area (Å²) in [6, 6.07) is -0.839. The highest BCUT2D eigenvalue weighted by atomic mass is 31.2. The quantitative estimate of drug-likeness (QED) is 0.0205. The molecule has 10 heteroatoms. The molecular formula is C65H130N2O7P+. The fourth-order valence-electron chi connectivity index (χ4n) is 10.1. The van der Waals surface area contributed by atoms with Gasteiger partial charge in [-0.1, -0.05) is 309 Å². The van der Waals surface area contributed by atoms with Crippen molar-refractivity contribution in [3.8, 4) is 0 Å². The molecular weight excluding hydrogens is 952 g/mol. The zero-order valence-electron chi connectivity index (χ0n) is 51.1. The number of unbranched alkanes of at least 4 members (excludes halogenated alkanes) is 45. The number of phosphoric acid groups is 1. The SMILES string of the molecule is CCCCCCCCCCCCC/C=C\C(OC(=O)CCCCCCCCCCCCCCCCCCCCCCC)C(COP(=O)(O)OCC[N+](C)(C)C)NC(=O)CCCCCCCCCCCCCCCCC. The number of rotatable bonds is 61. The number of ether oxygens (including phenoxy) is 1. The number of carbonyl (C=O) groups is 2. The second-order valence-electron chi connectivity index (χ2n) is 24.0.